The topological polar surface area (TPSA) is 49.3 Å². The molecule has 0 spiro atoms. The van der Waals surface area contributed by atoms with Gasteiger partial charge in [-0.15, -0.1) is 0 Å². The van der Waals surface area contributed by atoms with Gasteiger partial charge in [-0.05, 0) is 17.7 Å². The molecule has 1 aromatic carbocycles. The van der Waals surface area contributed by atoms with Crippen LogP contribution < -0.4 is 10.5 Å². The SMILES string of the molecule is O=c1nc(N2CCN(Cc3ccccc3)CC2)sc2ncccc12. The van der Waals surface area contributed by atoms with E-state index in [0.29, 0.717) is 5.39 Å². The largest absolute Gasteiger partial charge is 0.345 e. The molecule has 2 aromatic heterocycles. The summed E-state index contributed by atoms with van der Waals surface area (Å²) in [7, 11) is 0. The van der Waals surface area contributed by atoms with Crippen LogP contribution in [0.4, 0.5) is 5.13 Å². The third-order valence-electron chi connectivity index (χ3n) is 4.28. The van der Waals surface area contributed by atoms with Crippen LogP contribution in [0.1, 0.15) is 5.56 Å². The van der Waals surface area contributed by atoms with Crippen molar-refractivity contribution in [2.75, 3.05) is 31.1 Å². The smallest absolute Gasteiger partial charge is 0.282 e. The maximum absolute atomic E-state index is 12.2. The summed E-state index contributed by atoms with van der Waals surface area (Å²) < 4.78 is 0. The van der Waals surface area contributed by atoms with E-state index in [1.54, 1.807) is 18.3 Å². The van der Waals surface area contributed by atoms with E-state index in [9.17, 15) is 4.79 Å². The monoisotopic (exact) mass is 338 g/mol. The van der Waals surface area contributed by atoms with Crippen molar-refractivity contribution in [2.45, 2.75) is 6.54 Å². The van der Waals surface area contributed by atoms with Crippen LogP contribution in [0, 0.1) is 0 Å². The minimum Gasteiger partial charge on any atom is -0.345 e. The van der Waals surface area contributed by atoms with Crippen LogP contribution in [-0.2, 0) is 6.54 Å². The van der Waals surface area contributed by atoms with Crippen LogP contribution in [0.5, 0.6) is 0 Å². The molecule has 0 aliphatic carbocycles. The molecule has 6 heteroatoms. The first-order valence-electron chi connectivity index (χ1n) is 8.07. The zero-order valence-corrected chi connectivity index (χ0v) is 14.1. The Balaban J connectivity index is 1.47. The molecule has 1 aliphatic heterocycles. The third kappa shape index (κ3) is 3.16. The molecule has 1 aliphatic rings. The number of pyridine rings is 1. The lowest BCUT2D eigenvalue weighted by Gasteiger charge is -2.34. The van der Waals surface area contributed by atoms with Gasteiger partial charge < -0.3 is 4.90 Å². The van der Waals surface area contributed by atoms with Gasteiger partial charge in [-0.3, -0.25) is 9.69 Å². The maximum Gasteiger partial charge on any atom is 0.282 e. The van der Waals surface area contributed by atoms with Gasteiger partial charge in [0.25, 0.3) is 5.56 Å². The van der Waals surface area contributed by atoms with Crippen molar-refractivity contribution in [3.05, 3.63) is 64.6 Å². The zero-order chi connectivity index (χ0) is 16.4. The second kappa shape index (κ2) is 6.67. The van der Waals surface area contributed by atoms with Crippen molar-refractivity contribution in [1.82, 2.24) is 14.9 Å². The van der Waals surface area contributed by atoms with E-state index in [0.717, 1.165) is 42.7 Å². The van der Waals surface area contributed by atoms with Gasteiger partial charge >= 0.3 is 0 Å². The molecular weight excluding hydrogens is 320 g/mol. The number of aromatic nitrogens is 2. The maximum atomic E-state index is 12.2. The second-order valence-corrected chi connectivity index (χ2v) is 6.86. The minimum atomic E-state index is -0.182. The summed E-state index contributed by atoms with van der Waals surface area (Å²) in [5, 5.41) is 1.39. The first-order valence-corrected chi connectivity index (χ1v) is 8.88. The number of rotatable bonds is 3. The molecule has 0 N–H and O–H groups in total. The third-order valence-corrected chi connectivity index (χ3v) is 5.33. The van der Waals surface area contributed by atoms with Crippen molar-refractivity contribution in [3.8, 4) is 0 Å². The lowest BCUT2D eigenvalue weighted by Crippen LogP contribution is -2.46. The molecule has 122 valence electrons. The number of fused-ring (bicyclic) bond motifs is 1. The predicted octanol–water partition coefficient (Wildman–Crippen LogP) is 2.37. The van der Waals surface area contributed by atoms with Gasteiger partial charge in [0.1, 0.15) is 4.83 Å². The molecule has 3 heterocycles. The Labute approximate surface area is 144 Å². The average molecular weight is 338 g/mol. The number of piperazine rings is 1. The fourth-order valence-electron chi connectivity index (χ4n) is 2.97. The van der Waals surface area contributed by atoms with E-state index in [4.69, 9.17) is 0 Å². The number of nitrogens with zero attached hydrogens (tertiary/aromatic N) is 4. The van der Waals surface area contributed by atoms with Crippen LogP contribution in [0.25, 0.3) is 10.2 Å². The summed E-state index contributed by atoms with van der Waals surface area (Å²) in [4.78, 5) is 26.1. The zero-order valence-electron chi connectivity index (χ0n) is 13.3. The van der Waals surface area contributed by atoms with Crippen molar-refractivity contribution < 1.29 is 0 Å². The highest BCUT2D eigenvalue weighted by Gasteiger charge is 2.19. The fraction of sp³-hybridized carbons (Fsp3) is 0.278. The van der Waals surface area contributed by atoms with Crippen LogP contribution in [0.15, 0.2) is 53.5 Å². The Morgan fingerprint density at radius 1 is 1.00 bits per heavy atom. The molecule has 0 radical (unpaired) electrons. The summed E-state index contributed by atoms with van der Waals surface area (Å²) in [6.45, 7) is 4.68. The molecule has 5 nitrogen and oxygen atoms in total. The van der Waals surface area contributed by atoms with E-state index in [-0.39, 0.29) is 5.56 Å². The van der Waals surface area contributed by atoms with Crippen molar-refractivity contribution in [1.29, 1.82) is 0 Å². The van der Waals surface area contributed by atoms with Gasteiger partial charge in [0, 0.05) is 38.9 Å². The first kappa shape index (κ1) is 15.2. The molecule has 1 saturated heterocycles. The summed E-state index contributed by atoms with van der Waals surface area (Å²) in [5.41, 5.74) is 1.15. The molecule has 3 aromatic rings. The number of anilines is 1. The van der Waals surface area contributed by atoms with Gasteiger partial charge in [-0.1, -0.05) is 41.7 Å². The highest BCUT2D eigenvalue weighted by molar-refractivity contribution is 7.21. The van der Waals surface area contributed by atoms with Crippen molar-refractivity contribution >= 4 is 26.7 Å². The summed E-state index contributed by atoms with van der Waals surface area (Å²) >= 11 is 1.50. The Kier molecular flexibility index (Phi) is 4.23. The highest BCUT2D eigenvalue weighted by Crippen LogP contribution is 2.23. The second-order valence-electron chi connectivity index (χ2n) is 5.91. The molecule has 24 heavy (non-hydrogen) atoms. The Hall–Kier alpha value is -2.31. The molecule has 1 fully saturated rings. The van der Waals surface area contributed by atoms with Crippen LogP contribution in [0.3, 0.4) is 0 Å². The fourth-order valence-corrected chi connectivity index (χ4v) is 3.96. The predicted molar refractivity (Wildman–Crippen MR) is 97.6 cm³/mol. The van der Waals surface area contributed by atoms with Gasteiger partial charge in [-0.2, -0.15) is 4.98 Å². The van der Waals surface area contributed by atoms with Crippen LogP contribution in [0.2, 0.25) is 0 Å². The number of benzene rings is 1. The van der Waals surface area contributed by atoms with Crippen molar-refractivity contribution in [3.63, 3.8) is 0 Å². The Morgan fingerprint density at radius 3 is 2.58 bits per heavy atom. The average Bonchev–Trinajstić information content (AvgIpc) is 2.63. The molecule has 0 amide bonds. The number of hydrogen-bond donors (Lipinski definition) is 0. The molecule has 0 bridgehead atoms. The molecule has 0 unspecified atom stereocenters. The van der Waals surface area contributed by atoms with Crippen molar-refractivity contribution in [2.24, 2.45) is 0 Å². The van der Waals surface area contributed by atoms with E-state index in [1.807, 2.05) is 6.07 Å². The van der Waals surface area contributed by atoms with Gasteiger partial charge in [0.2, 0.25) is 0 Å². The van der Waals surface area contributed by atoms with E-state index in [2.05, 4.69) is 44.0 Å². The van der Waals surface area contributed by atoms with Gasteiger partial charge in [-0.25, -0.2) is 4.98 Å². The standard InChI is InChI=1S/C18H18N4OS/c23-16-15-7-4-8-19-17(15)24-18(20-16)22-11-9-21(10-12-22)13-14-5-2-1-3-6-14/h1-8H,9-13H2. The lowest BCUT2D eigenvalue weighted by atomic mass is 10.2. The van der Waals surface area contributed by atoms with Gasteiger partial charge in [0.05, 0.1) is 5.39 Å². The molecule has 4 rings (SSSR count). The molecule has 0 saturated carbocycles. The summed E-state index contributed by atoms with van der Waals surface area (Å²) in [6.07, 6.45) is 1.72. The molecule has 0 atom stereocenters. The minimum absolute atomic E-state index is 0.182. The van der Waals surface area contributed by atoms with E-state index in [1.165, 1.54) is 16.9 Å². The Morgan fingerprint density at radius 2 is 1.79 bits per heavy atom. The quantitative estimate of drug-likeness (QED) is 0.734. The normalized spacial score (nSPS) is 15.8. The summed E-state index contributed by atoms with van der Waals surface area (Å²) in [5.74, 6) is 0. The van der Waals surface area contributed by atoms with E-state index < -0.39 is 0 Å². The highest BCUT2D eigenvalue weighted by atomic mass is 32.1. The van der Waals surface area contributed by atoms with Gasteiger partial charge in [0.15, 0.2) is 5.13 Å². The Bertz CT molecular complexity index is 888. The molecular formula is C18H18N4OS. The summed E-state index contributed by atoms with van der Waals surface area (Å²) in [6, 6.07) is 14.1. The lowest BCUT2D eigenvalue weighted by molar-refractivity contribution is 0.250. The van der Waals surface area contributed by atoms with Crippen LogP contribution >= 0.6 is 11.3 Å². The van der Waals surface area contributed by atoms with Crippen LogP contribution in [-0.4, -0.2) is 41.0 Å². The van der Waals surface area contributed by atoms with E-state index >= 15 is 0 Å². The first-order chi connectivity index (χ1) is 11.8. The number of hydrogen-bond acceptors (Lipinski definition) is 6.